The van der Waals surface area contributed by atoms with Gasteiger partial charge in [-0.25, -0.2) is 9.29 Å². The number of halogens is 3. The molecule has 0 bridgehead atoms. The van der Waals surface area contributed by atoms with Crippen LogP contribution in [-0.4, -0.2) is 46.9 Å². The molecule has 10 heteroatoms. The zero-order valence-electron chi connectivity index (χ0n) is 12.8. The predicted molar refractivity (Wildman–Crippen MR) is 95.4 cm³/mol. The summed E-state index contributed by atoms with van der Waals surface area (Å²) in [6.45, 7) is -1.61. The van der Waals surface area contributed by atoms with Crippen LogP contribution >= 0.6 is 31.9 Å². The van der Waals surface area contributed by atoms with E-state index in [-0.39, 0.29) is 48.6 Å². The normalized spacial score (nSPS) is 16.2. The molecule has 0 saturated carbocycles. The number of nitrogens with two attached hydrogens (primary N) is 1. The number of amides is 4. The summed E-state index contributed by atoms with van der Waals surface area (Å²) in [5, 5.41) is 0.345. The Morgan fingerprint density at radius 3 is 1.65 bits per heavy atom. The van der Waals surface area contributed by atoms with Crippen LogP contribution in [0, 0.1) is 0 Å². The van der Waals surface area contributed by atoms with Crippen molar-refractivity contribution in [2.75, 3.05) is 13.5 Å². The standard InChI is InChI=1S/C16H8Br2FN3O4/c17-7-1-5-9-6(14(24)22(4-20)13(5)23)2-8(18)11-12(9)10(7)15(25)21(3-19)16(11)26/h1-2H,3-4,20H2. The molecule has 4 amide bonds. The number of hydrogen-bond acceptors (Lipinski definition) is 5. The number of benzene rings is 2. The molecule has 0 aromatic heterocycles. The second kappa shape index (κ2) is 5.66. The lowest BCUT2D eigenvalue weighted by molar-refractivity contribution is 0.0535. The summed E-state index contributed by atoms with van der Waals surface area (Å²) in [5.41, 5.74) is 5.86. The highest BCUT2D eigenvalue weighted by atomic mass is 79.9. The minimum atomic E-state index is -1.29. The predicted octanol–water partition coefficient (Wildman–Crippen LogP) is 2.40. The van der Waals surface area contributed by atoms with E-state index in [1.54, 1.807) is 0 Å². The second-order valence-corrected chi connectivity index (χ2v) is 7.40. The molecule has 0 unspecified atom stereocenters. The van der Waals surface area contributed by atoms with Gasteiger partial charge >= 0.3 is 0 Å². The van der Waals surface area contributed by atoms with Gasteiger partial charge in [0, 0.05) is 30.8 Å². The van der Waals surface area contributed by atoms with Crippen LogP contribution in [0.3, 0.4) is 0 Å². The Labute approximate surface area is 162 Å². The molecule has 2 heterocycles. The number of carbonyl (C=O) groups excluding carboxylic acids is 4. The molecule has 7 nitrogen and oxygen atoms in total. The average molecular weight is 485 g/mol. The van der Waals surface area contributed by atoms with Crippen LogP contribution in [-0.2, 0) is 0 Å². The van der Waals surface area contributed by atoms with E-state index in [1.165, 1.54) is 12.1 Å². The van der Waals surface area contributed by atoms with Crippen molar-refractivity contribution >= 4 is 66.3 Å². The summed E-state index contributed by atoms with van der Waals surface area (Å²) in [4.78, 5) is 51.9. The van der Waals surface area contributed by atoms with Crippen molar-refractivity contribution < 1.29 is 23.6 Å². The third-order valence-corrected chi connectivity index (χ3v) is 5.73. The minimum absolute atomic E-state index is 0.0281. The summed E-state index contributed by atoms with van der Waals surface area (Å²) in [7, 11) is 0. The van der Waals surface area contributed by atoms with Crippen LogP contribution in [0.5, 0.6) is 0 Å². The Morgan fingerprint density at radius 2 is 1.27 bits per heavy atom. The first-order chi connectivity index (χ1) is 12.3. The van der Waals surface area contributed by atoms with E-state index in [0.717, 1.165) is 4.90 Å². The van der Waals surface area contributed by atoms with Crippen molar-refractivity contribution in [2.24, 2.45) is 5.73 Å². The highest BCUT2D eigenvalue weighted by Crippen LogP contribution is 2.43. The molecule has 0 radical (unpaired) electrons. The average Bonchev–Trinajstić information content (AvgIpc) is 2.59. The van der Waals surface area contributed by atoms with Gasteiger partial charge in [0.2, 0.25) is 0 Å². The number of carbonyl (C=O) groups is 4. The number of nitrogens with zero attached hydrogens (tertiary/aromatic N) is 2. The van der Waals surface area contributed by atoms with E-state index in [4.69, 9.17) is 5.73 Å². The zero-order valence-corrected chi connectivity index (χ0v) is 16.0. The van der Waals surface area contributed by atoms with Gasteiger partial charge in [-0.2, -0.15) is 0 Å². The molecule has 2 aliphatic rings. The van der Waals surface area contributed by atoms with Crippen LogP contribution in [0.1, 0.15) is 41.4 Å². The molecule has 0 spiro atoms. The Morgan fingerprint density at radius 1 is 0.808 bits per heavy atom. The molecule has 0 fully saturated rings. The molecular weight excluding hydrogens is 477 g/mol. The molecule has 2 aliphatic heterocycles. The van der Waals surface area contributed by atoms with Gasteiger partial charge < -0.3 is 5.73 Å². The Balaban J connectivity index is 2.24. The quantitative estimate of drug-likeness (QED) is 0.521. The summed E-state index contributed by atoms with van der Waals surface area (Å²) in [5.74, 6) is -2.93. The molecule has 26 heavy (non-hydrogen) atoms. The summed E-state index contributed by atoms with van der Waals surface area (Å²) >= 11 is 6.46. The second-order valence-electron chi connectivity index (χ2n) is 5.69. The third kappa shape index (κ3) is 1.94. The van der Waals surface area contributed by atoms with Crippen LogP contribution in [0.15, 0.2) is 21.1 Å². The number of alkyl halides is 1. The number of hydrogen-bond donors (Lipinski definition) is 1. The van der Waals surface area contributed by atoms with E-state index >= 15 is 0 Å². The van der Waals surface area contributed by atoms with Gasteiger partial charge in [-0.15, -0.1) is 0 Å². The molecule has 0 saturated heterocycles. The van der Waals surface area contributed by atoms with Crippen LogP contribution in [0.2, 0.25) is 0 Å². The molecule has 2 aromatic carbocycles. The van der Waals surface area contributed by atoms with E-state index in [1.807, 2.05) is 0 Å². The van der Waals surface area contributed by atoms with Crippen LogP contribution in [0.25, 0.3) is 10.8 Å². The Kier molecular flexibility index (Phi) is 3.76. The lowest BCUT2D eigenvalue weighted by atomic mass is 9.86. The molecule has 4 rings (SSSR count). The Bertz CT molecular complexity index is 1010. The van der Waals surface area contributed by atoms with Gasteiger partial charge in [0.25, 0.3) is 23.6 Å². The first-order valence-electron chi connectivity index (χ1n) is 7.30. The lowest BCUT2D eigenvalue weighted by Gasteiger charge is -2.31. The van der Waals surface area contributed by atoms with E-state index in [9.17, 15) is 23.6 Å². The Hall–Kier alpha value is -2.17. The maximum Gasteiger partial charge on any atom is 0.264 e. The summed E-state index contributed by atoms with van der Waals surface area (Å²) < 4.78 is 13.7. The van der Waals surface area contributed by atoms with Crippen molar-refractivity contribution in [3.63, 3.8) is 0 Å². The van der Waals surface area contributed by atoms with Gasteiger partial charge in [0.05, 0.1) is 17.8 Å². The van der Waals surface area contributed by atoms with Gasteiger partial charge in [-0.3, -0.25) is 24.1 Å². The maximum absolute atomic E-state index is 13.3. The molecular formula is C16H8Br2FN3O4. The molecule has 2 aromatic rings. The van der Waals surface area contributed by atoms with E-state index < -0.39 is 30.4 Å². The van der Waals surface area contributed by atoms with Crippen molar-refractivity contribution in [2.45, 2.75) is 0 Å². The van der Waals surface area contributed by atoms with Gasteiger partial charge in [-0.05, 0) is 44.0 Å². The highest BCUT2D eigenvalue weighted by Gasteiger charge is 2.41. The first kappa shape index (κ1) is 17.3. The monoisotopic (exact) mass is 483 g/mol. The third-order valence-electron chi connectivity index (χ3n) is 4.48. The minimum Gasteiger partial charge on any atom is -0.313 e. The molecule has 132 valence electrons. The lowest BCUT2D eigenvalue weighted by Crippen LogP contribution is -2.45. The van der Waals surface area contributed by atoms with Gasteiger partial charge in [0.15, 0.2) is 6.80 Å². The van der Waals surface area contributed by atoms with Crippen molar-refractivity contribution in [1.29, 1.82) is 0 Å². The number of imide groups is 2. The van der Waals surface area contributed by atoms with Crippen molar-refractivity contribution in [1.82, 2.24) is 9.80 Å². The largest absolute Gasteiger partial charge is 0.313 e. The van der Waals surface area contributed by atoms with Gasteiger partial charge in [0.1, 0.15) is 0 Å². The smallest absolute Gasteiger partial charge is 0.264 e. The van der Waals surface area contributed by atoms with Crippen LogP contribution in [0.4, 0.5) is 4.39 Å². The fourth-order valence-corrected chi connectivity index (χ4v) is 4.54. The SMILES string of the molecule is NCN1C(=O)c2cc(Br)c3c4c(c(Br)cc(c24)C1=O)C(=O)N(CF)C3=O. The topological polar surface area (TPSA) is 101 Å². The molecule has 2 N–H and O–H groups in total. The van der Waals surface area contributed by atoms with Gasteiger partial charge in [-0.1, -0.05) is 0 Å². The van der Waals surface area contributed by atoms with Crippen molar-refractivity contribution in [3.05, 3.63) is 43.3 Å². The maximum atomic E-state index is 13.3. The zero-order chi connectivity index (χ0) is 18.9. The summed E-state index contributed by atoms with van der Waals surface area (Å²) in [6, 6.07) is 2.78. The fraction of sp³-hybridized carbons (Fsp3) is 0.125. The number of rotatable bonds is 2. The fourth-order valence-electron chi connectivity index (χ4n) is 3.35. The molecule has 0 atom stereocenters. The van der Waals surface area contributed by atoms with E-state index in [0.29, 0.717) is 4.90 Å². The first-order valence-corrected chi connectivity index (χ1v) is 8.89. The highest BCUT2D eigenvalue weighted by molar-refractivity contribution is 9.11. The van der Waals surface area contributed by atoms with Crippen LogP contribution < -0.4 is 5.73 Å². The van der Waals surface area contributed by atoms with Crippen molar-refractivity contribution in [3.8, 4) is 0 Å². The molecule has 0 aliphatic carbocycles. The van der Waals surface area contributed by atoms with E-state index in [2.05, 4.69) is 31.9 Å². The summed E-state index contributed by atoms with van der Waals surface area (Å²) in [6.07, 6.45) is 0.